The summed E-state index contributed by atoms with van der Waals surface area (Å²) in [7, 11) is 1.61. The molecule has 2 aromatic rings. The van der Waals surface area contributed by atoms with Crippen LogP contribution < -0.4 is 10.1 Å². The minimum atomic E-state index is -0.599. The maximum atomic E-state index is 12.1. The predicted octanol–water partition coefficient (Wildman–Crippen LogP) is 4.00. The van der Waals surface area contributed by atoms with E-state index in [2.05, 4.69) is 5.32 Å². The number of rotatable bonds is 5. The van der Waals surface area contributed by atoms with Crippen LogP contribution in [0.5, 0.6) is 5.75 Å². The number of hydrogen-bond acceptors (Lipinski definition) is 4. The summed E-state index contributed by atoms with van der Waals surface area (Å²) in [6, 6.07) is 11.0. The molecule has 2 rings (SSSR count). The van der Waals surface area contributed by atoms with Gasteiger partial charge in [-0.2, -0.15) is 0 Å². The van der Waals surface area contributed by atoms with Gasteiger partial charge in [0, 0.05) is 11.8 Å². The van der Waals surface area contributed by atoms with Crippen LogP contribution >= 0.6 is 0 Å². The molecule has 5 nitrogen and oxygen atoms in total. The largest absolute Gasteiger partial charge is 0.496 e. The molecule has 1 amide bonds. The van der Waals surface area contributed by atoms with Crippen molar-refractivity contribution in [3.8, 4) is 5.75 Å². The lowest BCUT2D eigenvalue weighted by atomic mass is 9.96. The summed E-state index contributed by atoms with van der Waals surface area (Å²) in [6.07, 6.45) is 0.408. The Hall–Kier alpha value is -2.56. The summed E-state index contributed by atoms with van der Waals surface area (Å²) < 4.78 is 10.7. The van der Waals surface area contributed by atoms with Crippen LogP contribution in [0.2, 0.25) is 0 Å². The van der Waals surface area contributed by atoms with Gasteiger partial charge in [-0.3, -0.25) is 0 Å². The van der Waals surface area contributed by atoms with E-state index in [9.17, 15) is 9.59 Å². The van der Waals surface area contributed by atoms with Crippen LogP contribution in [-0.4, -0.2) is 25.1 Å². The van der Waals surface area contributed by atoms with Gasteiger partial charge in [0.2, 0.25) is 0 Å². The van der Waals surface area contributed by atoms with E-state index in [0.717, 1.165) is 28.4 Å². The standard InChI is InChI=1S/C19H23NO4/c1-19(2,3)24-18(22)20-16(11-12-21)14-9-10-17(23-4)15-8-6-5-7-13(14)15/h5-10,12,16H,11H2,1-4H3,(H,20,22)/t16-/m0/s1. The Morgan fingerprint density at radius 2 is 1.83 bits per heavy atom. The third kappa shape index (κ3) is 4.25. The van der Waals surface area contributed by atoms with Gasteiger partial charge < -0.3 is 19.6 Å². The Balaban J connectivity index is 2.39. The number of hydrogen-bond donors (Lipinski definition) is 1. The molecule has 0 aliphatic heterocycles. The zero-order valence-electron chi connectivity index (χ0n) is 14.5. The number of carbonyl (C=O) groups excluding carboxylic acids is 2. The van der Waals surface area contributed by atoms with Crippen molar-refractivity contribution in [2.24, 2.45) is 0 Å². The van der Waals surface area contributed by atoms with Crippen LogP contribution in [0.1, 0.15) is 38.8 Å². The van der Waals surface area contributed by atoms with Crippen LogP contribution in [-0.2, 0) is 9.53 Å². The van der Waals surface area contributed by atoms with Crippen LogP contribution in [0.25, 0.3) is 10.8 Å². The van der Waals surface area contributed by atoms with E-state index in [1.807, 2.05) is 36.4 Å². The number of aldehydes is 1. The molecule has 2 aromatic carbocycles. The van der Waals surface area contributed by atoms with Crippen LogP contribution in [0.15, 0.2) is 36.4 Å². The van der Waals surface area contributed by atoms with Crippen molar-refractivity contribution in [3.05, 3.63) is 42.0 Å². The Labute approximate surface area is 141 Å². The second kappa shape index (κ2) is 7.34. The van der Waals surface area contributed by atoms with Crippen molar-refractivity contribution < 1.29 is 19.1 Å². The van der Waals surface area contributed by atoms with Gasteiger partial charge in [0.05, 0.1) is 13.2 Å². The molecule has 5 heteroatoms. The molecule has 0 spiro atoms. The average molecular weight is 329 g/mol. The first-order chi connectivity index (χ1) is 11.4. The quantitative estimate of drug-likeness (QED) is 0.842. The van der Waals surface area contributed by atoms with Crippen LogP contribution in [0.4, 0.5) is 4.79 Å². The second-order valence-electron chi connectivity index (χ2n) is 6.50. The van der Waals surface area contributed by atoms with E-state index >= 15 is 0 Å². The molecule has 0 unspecified atom stereocenters. The van der Waals surface area contributed by atoms with Crippen molar-refractivity contribution in [1.82, 2.24) is 5.32 Å². The summed E-state index contributed by atoms with van der Waals surface area (Å²) in [6.45, 7) is 5.39. The molecule has 0 radical (unpaired) electrons. The van der Waals surface area contributed by atoms with E-state index in [0.29, 0.717) is 0 Å². The zero-order chi connectivity index (χ0) is 17.7. The van der Waals surface area contributed by atoms with Crippen LogP contribution in [0.3, 0.4) is 0 Å². The Kier molecular flexibility index (Phi) is 5.44. The van der Waals surface area contributed by atoms with Gasteiger partial charge in [-0.25, -0.2) is 4.79 Å². The molecule has 128 valence electrons. The van der Waals surface area contributed by atoms with Gasteiger partial charge in [0.1, 0.15) is 17.6 Å². The fourth-order valence-corrected chi connectivity index (χ4v) is 2.59. The predicted molar refractivity (Wildman–Crippen MR) is 93.3 cm³/mol. The molecule has 1 N–H and O–H groups in total. The van der Waals surface area contributed by atoms with E-state index < -0.39 is 17.7 Å². The Bertz CT molecular complexity index is 734. The first-order valence-corrected chi connectivity index (χ1v) is 7.84. The molecule has 0 bridgehead atoms. The minimum absolute atomic E-state index is 0.162. The van der Waals surface area contributed by atoms with E-state index in [1.54, 1.807) is 27.9 Å². The van der Waals surface area contributed by atoms with Crippen molar-refractivity contribution in [2.75, 3.05) is 7.11 Å². The highest BCUT2D eigenvalue weighted by Gasteiger charge is 2.22. The van der Waals surface area contributed by atoms with Crippen molar-refractivity contribution >= 4 is 23.2 Å². The molecule has 24 heavy (non-hydrogen) atoms. The van der Waals surface area contributed by atoms with Crippen molar-refractivity contribution in [2.45, 2.75) is 38.8 Å². The topological polar surface area (TPSA) is 64.6 Å². The summed E-state index contributed by atoms with van der Waals surface area (Å²) >= 11 is 0. The second-order valence-corrected chi connectivity index (χ2v) is 6.50. The normalized spacial score (nSPS) is 12.5. The molecule has 0 aromatic heterocycles. The first kappa shape index (κ1) is 17.8. The fraction of sp³-hybridized carbons (Fsp3) is 0.368. The molecule has 0 fully saturated rings. The molecule has 0 saturated heterocycles. The smallest absolute Gasteiger partial charge is 0.408 e. The minimum Gasteiger partial charge on any atom is -0.496 e. The molecule has 0 aliphatic rings. The highest BCUT2D eigenvalue weighted by atomic mass is 16.6. The molecular formula is C19H23NO4. The average Bonchev–Trinajstić information content (AvgIpc) is 2.51. The number of methoxy groups -OCH3 is 1. The first-order valence-electron chi connectivity index (χ1n) is 7.84. The SMILES string of the molecule is COc1ccc([C@H](CC=O)NC(=O)OC(C)(C)C)c2ccccc12. The lowest BCUT2D eigenvalue weighted by Gasteiger charge is -2.24. The molecular weight excluding hydrogens is 306 g/mol. The van der Waals surface area contributed by atoms with E-state index in [4.69, 9.17) is 9.47 Å². The number of amides is 1. The van der Waals surface area contributed by atoms with Gasteiger partial charge in [0.25, 0.3) is 0 Å². The molecule has 1 atom stereocenters. The monoisotopic (exact) mass is 329 g/mol. The van der Waals surface area contributed by atoms with Crippen LogP contribution in [0, 0.1) is 0 Å². The lowest BCUT2D eigenvalue weighted by Crippen LogP contribution is -2.35. The number of carbonyl (C=O) groups is 2. The highest BCUT2D eigenvalue weighted by molar-refractivity contribution is 5.92. The highest BCUT2D eigenvalue weighted by Crippen LogP contribution is 2.32. The lowest BCUT2D eigenvalue weighted by molar-refractivity contribution is -0.108. The van der Waals surface area contributed by atoms with Crippen molar-refractivity contribution in [3.63, 3.8) is 0 Å². The Morgan fingerprint density at radius 1 is 1.17 bits per heavy atom. The summed E-state index contributed by atoms with van der Waals surface area (Å²) in [4.78, 5) is 23.2. The van der Waals surface area contributed by atoms with Gasteiger partial charge in [0.15, 0.2) is 0 Å². The van der Waals surface area contributed by atoms with Gasteiger partial charge in [-0.1, -0.05) is 30.3 Å². The fourth-order valence-electron chi connectivity index (χ4n) is 2.59. The maximum absolute atomic E-state index is 12.1. The van der Waals surface area contributed by atoms with Gasteiger partial charge in [-0.05, 0) is 37.8 Å². The number of ether oxygens (including phenoxy) is 2. The van der Waals surface area contributed by atoms with E-state index in [-0.39, 0.29) is 6.42 Å². The molecule has 0 heterocycles. The number of fused-ring (bicyclic) bond motifs is 1. The number of alkyl carbamates (subject to hydrolysis) is 1. The summed E-state index contributed by atoms with van der Waals surface area (Å²) in [5.41, 5.74) is 0.252. The third-order valence-electron chi connectivity index (χ3n) is 3.54. The van der Waals surface area contributed by atoms with Crippen molar-refractivity contribution in [1.29, 1.82) is 0 Å². The Morgan fingerprint density at radius 3 is 2.42 bits per heavy atom. The number of nitrogens with one attached hydrogen (secondary N) is 1. The maximum Gasteiger partial charge on any atom is 0.408 e. The molecule has 0 aliphatic carbocycles. The van der Waals surface area contributed by atoms with Gasteiger partial charge >= 0.3 is 6.09 Å². The molecule has 0 saturated carbocycles. The zero-order valence-corrected chi connectivity index (χ0v) is 14.5. The third-order valence-corrected chi connectivity index (χ3v) is 3.54. The van der Waals surface area contributed by atoms with E-state index in [1.165, 1.54) is 0 Å². The van der Waals surface area contributed by atoms with Gasteiger partial charge in [-0.15, -0.1) is 0 Å². The summed E-state index contributed by atoms with van der Waals surface area (Å²) in [5, 5.41) is 4.65. The number of benzene rings is 2. The summed E-state index contributed by atoms with van der Waals surface area (Å²) in [5.74, 6) is 0.747.